The van der Waals surface area contributed by atoms with Gasteiger partial charge in [0.1, 0.15) is 5.00 Å². The molecule has 0 aliphatic rings. The van der Waals surface area contributed by atoms with Crippen molar-refractivity contribution in [2.45, 2.75) is 25.9 Å². The van der Waals surface area contributed by atoms with Gasteiger partial charge in [0, 0.05) is 11.9 Å². The lowest BCUT2D eigenvalue weighted by Gasteiger charge is -2.07. The Morgan fingerprint density at radius 2 is 2.10 bits per heavy atom. The highest BCUT2D eigenvalue weighted by molar-refractivity contribution is 9.10. The van der Waals surface area contributed by atoms with Crippen molar-refractivity contribution >= 4 is 55.9 Å². The molecule has 0 bridgehead atoms. The molecule has 0 saturated carbocycles. The van der Waals surface area contributed by atoms with E-state index in [9.17, 15) is 9.59 Å². The Bertz CT molecular complexity index is 1060. The van der Waals surface area contributed by atoms with Crippen LogP contribution in [0.1, 0.15) is 27.7 Å². The van der Waals surface area contributed by atoms with Crippen LogP contribution in [0.15, 0.2) is 26.4 Å². The van der Waals surface area contributed by atoms with Crippen LogP contribution in [-0.2, 0) is 16.6 Å². The number of aromatic nitrogens is 3. The maximum Gasteiger partial charge on any atom is 0.341 e. The topological polar surface area (TPSA) is 99.2 Å². The van der Waals surface area contributed by atoms with Crippen LogP contribution < -0.4 is 5.32 Å². The number of esters is 1. The van der Waals surface area contributed by atoms with Gasteiger partial charge in [-0.3, -0.25) is 4.79 Å². The van der Waals surface area contributed by atoms with Gasteiger partial charge in [-0.25, -0.2) is 4.79 Å². The summed E-state index contributed by atoms with van der Waals surface area (Å²) >= 11 is 5.86. The average molecular weight is 499 g/mol. The molecule has 3 aromatic rings. The minimum absolute atomic E-state index is 0.117. The van der Waals surface area contributed by atoms with E-state index in [1.54, 1.807) is 30.7 Å². The summed E-state index contributed by atoms with van der Waals surface area (Å²) in [6.07, 6.45) is 0. The minimum atomic E-state index is -0.431. The van der Waals surface area contributed by atoms with Gasteiger partial charge in [0.2, 0.25) is 5.91 Å². The number of thiophene rings is 1. The van der Waals surface area contributed by atoms with E-state index in [1.807, 2.05) is 13.8 Å². The Morgan fingerprint density at radius 1 is 1.34 bits per heavy atom. The fourth-order valence-corrected chi connectivity index (χ4v) is 4.63. The third kappa shape index (κ3) is 4.73. The number of nitrogens with one attached hydrogen (secondary N) is 1. The van der Waals surface area contributed by atoms with Gasteiger partial charge in [-0.05, 0) is 54.4 Å². The fourth-order valence-electron chi connectivity index (χ4n) is 2.55. The number of rotatable bonds is 7. The smallest absolute Gasteiger partial charge is 0.341 e. The Morgan fingerprint density at radius 3 is 2.76 bits per heavy atom. The monoisotopic (exact) mass is 498 g/mol. The summed E-state index contributed by atoms with van der Waals surface area (Å²) in [6, 6.07) is 3.56. The number of thioether (sulfide) groups is 1. The van der Waals surface area contributed by atoms with Crippen molar-refractivity contribution < 1.29 is 18.7 Å². The maximum absolute atomic E-state index is 12.5. The molecule has 3 heterocycles. The zero-order valence-electron chi connectivity index (χ0n) is 16.2. The largest absolute Gasteiger partial charge is 0.462 e. The van der Waals surface area contributed by atoms with Gasteiger partial charge in [-0.1, -0.05) is 11.8 Å². The number of hydrogen-bond acceptors (Lipinski definition) is 8. The molecule has 8 nitrogen and oxygen atoms in total. The molecule has 29 heavy (non-hydrogen) atoms. The van der Waals surface area contributed by atoms with E-state index in [1.165, 1.54) is 23.1 Å². The van der Waals surface area contributed by atoms with Crippen molar-refractivity contribution in [3.63, 3.8) is 0 Å². The molecule has 1 amide bonds. The highest BCUT2D eigenvalue weighted by Gasteiger charge is 2.22. The molecule has 0 aliphatic carbocycles. The summed E-state index contributed by atoms with van der Waals surface area (Å²) in [5, 5.41) is 12.1. The molecule has 0 atom stereocenters. The number of furan rings is 1. The van der Waals surface area contributed by atoms with Gasteiger partial charge in [-0.2, -0.15) is 0 Å². The van der Waals surface area contributed by atoms with Gasteiger partial charge in [0.15, 0.2) is 21.4 Å². The molecule has 0 radical (unpaired) electrons. The van der Waals surface area contributed by atoms with Crippen molar-refractivity contribution in [2.24, 2.45) is 7.05 Å². The van der Waals surface area contributed by atoms with Gasteiger partial charge < -0.3 is 19.0 Å². The third-order valence-corrected chi connectivity index (χ3v) is 6.65. The summed E-state index contributed by atoms with van der Waals surface area (Å²) in [5.74, 6) is 0.581. The summed E-state index contributed by atoms with van der Waals surface area (Å²) in [6.45, 7) is 5.77. The summed E-state index contributed by atoms with van der Waals surface area (Å²) < 4.78 is 13.0. The fraction of sp³-hybridized carbons (Fsp3) is 0.333. The van der Waals surface area contributed by atoms with E-state index in [0.29, 0.717) is 32.0 Å². The highest BCUT2D eigenvalue weighted by atomic mass is 79.9. The molecule has 0 spiro atoms. The molecule has 3 aromatic heterocycles. The van der Waals surface area contributed by atoms with Crippen LogP contribution in [0.2, 0.25) is 0 Å². The van der Waals surface area contributed by atoms with Crippen molar-refractivity contribution in [1.82, 2.24) is 14.8 Å². The van der Waals surface area contributed by atoms with Gasteiger partial charge in [0.05, 0.1) is 17.9 Å². The number of halogens is 1. The first-order valence-electron chi connectivity index (χ1n) is 8.66. The lowest BCUT2D eigenvalue weighted by atomic mass is 10.1. The SMILES string of the molecule is CCOC(=O)c1c(NC(=O)CSc2nnc(-c3ccc(Br)o3)n2C)sc(C)c1C. The molecule has 0 saturated heterocycles. The molecular weight excluding hydrogens is 480 g/mol. The van der Waals surface area contributed by atoms with Crippen LogP contribution in [-0.4, -0.2) is 39.0 Å². The minimum Gasteiger partial charge on any atom is -0.462 e. The molecule has 0 aromatic carbocycles. The molecule has 154 valence electrons. The number of aryl methyl sites for hydroxylation is 1. The van der Waals surface area contributed by atoms with Crippen LogP contribution in [0.5, 0.6) is 0 Å². The quantitative estimate of drug-likeness (QED) is 0.380. The number of carbonyl (C=O) groups excluding carboxylic acids is 2. The van der Waals surface area contributed by atoms with E-state index in [0.717, 1.165) is 10.4 Å². The molecule has 3 rings (SSSR count). The third-order valence-electron chi connectivity index (χ3n) is 4.08. The molecule has 11 heteroatoms. The van der Waals surface area contributed by atoms with Gasteiger partial charge >= 0.3 is 5.97 Å². The van der Waals surface area contributed by atoms with E-state index in [2.05, 4.69) is 31.4 Å². The predicted molar refractivity (Wildman–Crippen MR) is 116 cm³/mol. The van der Waals surface area contributed by atoms with Crippen molar-refractivity contribution in [2.75, 3.05) is 17.7 Å². The second kappa shape index (κ2) is 9.14. The standard InChI is InChI=1S/C18H19BrN4O4S2/c1-5-26-17(25)14-9(2)10(3)29-16(14)20-13(24)8-28-18-22-21-15(23(18)4)11-6-7-12(19)27-11/h6-7H,5,8H2,1-4H3,(H,20,24). The summed E-state index contributed by atoms with van der Waals surface area (Å²) in [4.78, 5) is 25.7. The summed E-state index contributed by atoms with van der Waals surface area (Å²) in [7, 11) is 1.80. The molecular formula is C18H19BrN4O4S2. The zero-order chi connectivity index (χ0) is 21.1. The Hall–Kier alpha value is -2.11. The molecule has 0 unspecified atom stereocenters. The first-order valence-corrected chi connectivity index (χ1v) is 11.3. The highest BCUT2D eigenvalue weighted by Crippen LogP contribution is 2.33. The number of carbonyl (C=O) groups is 2. The van der Waals surface area contributed by atoms with Crippen LogP contribution in [0.3, 0.4) is 0 Å². The Kier molecular flexibility index (Phi) is 6.81. The second-order valence-corrected chi connectivity index (χ2v) is 8.96. The first kappa shape index (κ1) is 21.6. The Labute approximate surface area is 184 Å². The number of anilines is 1. The normalized spacial score (nSPS) is 10.9. The lowest BCUT2D eigenvalue weighted by molar-refractivity contribution is -0.113. The average Bonchev–Trinajstić information content (AvgIpc) is 3.32. The van der Waals surface area contributed by atoms with E-state index < -0.39 is 5.97 Å². The molecule has 0 fully saturated rings. The Balaban J connectivity index is 1.68. The first-order chi connectivity index (χ1) is 13.8. The van der Waals surface area contributed by atoms with Crippen LogP contribution >= 0.6 is 39.0 Å². The molecule has 1 N–H and O–H groups in total. The van der Waals surface area contributed by atoms with Crippen molar-refractivity contribution in [3.05, 3.63) is 32.8 Å². The number of nitrogens with zero attached hydrogens (tertiary/aromatic N) is 3. The second-order valence-electron chi connectivity index (χ2n) is 6.01. The lowest BCUT2D eigenvalue weighted by Crippen LogP contribution is -2.16. The van der Waals surface area contributed by atoms with E-state index in [-0.39, 0.29) is 18.3 Å². The number of ether oxygens (including phenoxy) is 1. The van der Waals surface area contributed by atoms with Crippen molar-refractivity contribution in [1.29, 1.82) is 0 Å². The van der Waals surface area contributed by atoms with E-state index in [4.69, 9.17) is 9.15 Å². The predicted octanol–water partition coefficient (Wildman–Crippen LogP) is 4.42. The van der Waals surface area contributed by atoms with Crippen LogP contribution in [0, 0.1) is 13.8 Å². The number of hydrogen-bond donors (Lipinski definition) is 1. The summed E-state index contributed by atoms with van der Waals surface area (Å²) in [5.41, 5.74) is 1.23. The maximum atomic E-state index is 12.5. The van der Waals surface area contributed by atoms with E-state index >= 15 is 0 Å². The zero-order valence-corrected chi connectivity index (χ0v) is 19.5. The van der Waals surface area contributed by atoms with Gasteiger partial charge in [0.25, 0.3) is 0 Å². The van der Waals surface area contributed by atoms with Gasteiger partial charge in [-0.15, -0.1) is 21.5 Å². The van der Waals surface area contributed by atoms with Crippen LogP contribution in [0.4, 0.5) is 5.00 Å². The van der Waals surface area contributed by atoms with Crippen molar-refractivity contribution in [3.8, 4) is 11.6 Å². The number of amides is 1. The molecule has 0 aliphatic heterocycles. The van der Waals surface area contributed by atoms with Crippen LogP contribution in [0.25, 0.3) is 11.6 Å².